The molecule has 2 aliphatic rings. The summed E-state index contributed by atoms with van der Waals surface area (Å²) >= 11 is 0. The van der Waals surface area contributed by atoms with Gasteiger partial charge in [0, 0.05) is 24.6 Å². The van der Waals surface area contributed by atoms with Crippen LogP contribution in [0.3, 0.4) is 0 Å². The number of nitrogens with two attached hydrogens (primary N) is 1. The fourth-order valence-corrected chi connectivity index (χ4v) is 2.59. The zero-order chi connectivity index (χ0) is 13.2. The highest BCUT2D eigenvalue weighted by Crippen LogP contribution is 2.39. The van der Waals surface area contributed by atoms with E-state index in [1.165, 1.54) is 38.8 Å². The van der Waals surface area contributed by atoms with Crippen LogP contribution in [0.2, 0.25) is 0 Å². The minimum Gasteiger partial charge on any atom is -0.383 e. The van der Waals surface area contributed by atoms with Crippen molar-refractivity contribution in [3.8, 4) is 0 Å². The predicted molar refractivity (Wildman–Crippen MR) is 77.3 cm³/mol. The van der Waals surface area contributed by atoms with Crippen molar-refractivity contribution in [2.24, 2.45) is 0 Å². The molecule has 0 bridgehead atoms. The first-order chi connectivity index (χ1) is 9.24. The molecule has 1 saturated carbocycles. The topological polar surface area (TPSA) is 67.1 Å². The zero-order valence-electron chi connectivity index (χ0n) is 11.7. The summed E-state index contributed by atoms with van der Waals surface area (Å²) in [5.41, 5.74) is 6.96. The fourth-order valence-electron chi connectivity index (χ4n) is 2.59. The number of hydrogen-bond acceptors (Lipinski definition) is 5. The van der Waals surface area contributed by atoms with Gasteiger partial charge in [-0.15, -0.1) is 0 Å². The fraction of sp³-hybridized carbons (Fsp3) is 0.714. The first-order valence-corrected chi connectivity index (χ1v) is 7.34. The van der Waals surface area contributed by atoms with Crippen molar-refractivity contribution < 1.29 is 0 Å². The van der Waals surface area contributed by atoms with Crippen molar-refractivity contribution in [2.75, 3.05) is 37.2 Å². The van der Waals surface area contributed by atoms with Gasteiger partial charge in [0.2, 0.25) is 0 Å². The average molecular weight is 261 g/mol. The van der Waals surface area contributed by atoms with Gasteiger partial charge in [0.1, 0.15) is 17.5 Å². The van der Waals surface area contributed by atoms with E-state index in [9.17, 15) is 0 Å². The van der Waals surface area contributed by atoms with Gasteiger partial charge in [-0.3, -0.25) is 0 Å². The van der Waals surface area contributed by atoms with Crippen LogP contribution in [-0.2, 0) is 0 Å². The van der Waals surface area contributed by atoms with Crippen LogP contribution >= 0.6 is 0 Å². The van der Waals surface area contributed by atoms with Crippen LogP contribution in [0.15, 0.2) is 0 Å². The molecule has 2 fully saturated rings. The molecule has 0 radical (unpaired) electrons. The highest BCUT2D eigenvalue weighted by Gasteiger charge is 2.27. The molecule has 3 rings (SSSR count). The lowest BCUT2D eigenvalue weighted by atomic mass is 10.3. The molecule has 3 N–H and O–H groups in total. The highest BCUT2D eigenvalue weighted by molar-refractivity contribution is 5.55. The van der Waals surface area contributed by atoms with Gasteiger partial charge >= 0.3 is 0 Å². The number of likely N-dealkylation sites (tertiary alicyclic amines) is 1. The van der Waals surface area contributed by atoms with Crippen LogP contribution in [0.25, 0.3) is 0 Å². The molecule has 0 spiro atoms. The minimum absolute atomic E-state index is 0.544. The van der Waals surface area contributed by atoms with Gasteiger partial charge in [0.25, 0.3) is 0 Å². The van der Waals surface area contributed by atoms with Gasteiger partial charge < -0.3 is 16.0 Å². The molecule has 104 valence electrons. The maximum Gasteiger partial charge on any atom is 0.136 e. The summed E-state index contributed by atoms with van der Waals surface area (Å²) in [4.78, 5) is 11.5. The van der Waals surface area contributed by atoms with Gasteiger partial charge in [-0.05, 0) is 45.7 Å². The lowest BCUT2D eigenvalue weighted by molar-refractivity contribution is 0.352. The molecule has 1 aromatic rings. The Morgan fingerprint density at radius 3 is 2.68 bits per heavy atom. The Hall–Kier alpha value is -1.36. The van der Waals surface area contributed by atoms with Gasteiger partial charge in [0.05, 0.1) is 0 Å². The van der Waals surface area contributed by atoms with E-state index < -0.39 is 0 Å². The van der Waals surface area contributed by atoms with Gasteiger partial charge in [-0.2, -0.15) is 0 Å². The second kappa shape index (κ2) is 5.33. The van der Waals surface area contributed by atoms with E-state index in [-0.39, 0.29) is 0 Å². The summed E-state index contributed by atoms with van der Waals surface area (Å²) < 4.78 is 0. The third kappa shape index (κ3) is 2.97. The molecule has 1 saturated heterocycles. The molecule has 5 nitrogen and oxygen atoms in total. The lowest BCUT2D eigenvalue weighted by Crippen LogP contribution is -2.26. The molecule has 1 aliphatic carbocycles. The summed E-state index contributed by atoms with van der Waals surface area (Å²) in [6.07, 6.45) is 5.09. The maximum absolute atomic E-state index is 5.98. The smallest absolute Gasteiger partial charge is 0.136 e. The van der Waals surface area contributed by atoms with E-state index in [4.69, 9.17) is 5.73 Å². The SMILES string of the molecule is Cc1c(N)nc(C2CC2)nc1NCCN1CCCC1. The number of anilines is 2. The van der Waals surface area contributed by atoms with Crippen molar-refractivity contribution in [3.63, 3.8) is 0 Å². The summed E-state index contributed by atoms with van der Waals surface area (Å²) in [6.45, 7) is 6.48. The van der Waals surface area contributed by atoms with Crippen LogP contribution in [-0.4, -0.2) is 41.0 Å². The largest absolute Gasteiger partial charge is 0.383 e. The van der Waals surface area contributed by atoms with Crippen molar-refractivity contribution in [1.82, 2.24) is 14.9 Å². The quantitative estimate of drug-likeness (QED) is 0.845. The zero-order valence-corrected chi connectivity index (χ0v) is 11.7. The first kappa shape index (κ1) is 12.7. The van der Waals surface area contributed by atoms with Crippen molar-refractivity contribution in [3.05, 3.63) is 11.4 Å². The highest BCUT2D eigenvalue weighted by atomic mass is 15.2. The van der Waals surface area contributed by atoms with Crippen LogP contribution < -0.4 is 11.1 Å². The van der Waals surface area contributed by atoms with E-state index in [1.54, 1.807) is 0 Å². The molecule has 0 amide bonds. The number of nitrogens with zero attached hydrogens (tertiary/aromatic N) is 3. The first-order valence-electron chi connectivity index (χ1n) is 7.34. The Balaban J connectivity index is 1.62. The van der Waals surface area contributed by atoms with E-state index in [2.05, 4.69) is 20.2 Å². The van der Waals surface area contributed by atoms with Crippen LogP contribution in [0.4, 0.5) is 11.6 Å². The maximum atomic E-state index is 5.98. The normalized spacial score (nSPS) is 19.8. The third-order valence-electron chi connectivity index (χ3n) is 4.06. The summed E-state index contributed by atoms with van der Waals surface area (Å²) in [5.74, 6) is 3.02. The molecule has 19 heavy (non-hydrogen) atoms. The average Bonchev–Trinajstić information content (AvgIpc) is 3.12. The predicted octanol–water partition coefficient (Wildman–Crippen LogP) is 1.75. The van der Waals surface area contributed by atoms with E-state index >= 15 is 0 Å². The number of hydrogen-bond donors (Lipinski definition) is 2. The van der Waals surface area contributed by atoms with Gasteiger partial charge in [-0.25, -0.2) is 9.97 Å². The number of nitrogen functional groups attached to an aromatic ring is 1. The van der Waals surface area contributed by atoms with Crippen molar-refractivity contribution in [1.29, 1.82) is 0 Å². The Kier molecular flexibility index (Phi) is 3.55. The van der Waals surface area contributed by atoms with E-state index in [1.807, 2.05) is 6.92 Å². The van der Waals surface area contributed by atoms with Gasteiger partial charge in [0.15, 0.2) is 0 Å². The molecular weight excluding hydrogens is 238 g/mol. The van der Waals surface area contributed by atoms with E-state index in [0.29, 0.717) is 11.7 Å². The minimum atomic E-state index is 0.544. The number of aromatic nitrogens is 2. The molecule has 5 heteroatoms. The number of rotatable bonds is 5. The molecule has 0 atom stereocenters. The second-order valence-corrected chi connectivity index (χ2v) is 5.69. The van der Waals surface area contributed by atoms with E-state index in [0.717, 1.165) is 30.3 Å². The van der Waals surface area contributed by atoms with Crippen molar-refractivity contribution >= 4 is 11.6 Å². The Labute approximate surface area is 114 Å². The summed E-state index contributed by atoms with van der Waals surface area (Å²) in [7, 11) is 0. The Bertz CT molecular complexity index is 449. The molecule has 1 aliphatic heterocycles. The molecule has 1 aromatic heterocycles. The van der Waals surface area contributed by atoms with Crippen LogP contribution in [0, 0.1) is 6.92 Å². The Morgan fingerprint density at radius 2 is 2.00 bits per heavy atom. The Morgan fingerprint density at radius 1 is 1.26 bits per heavy atom. The lowest BCUT2D eigenvalue weighted by Gasteiger charge is -2.16. The van der Waals surface area contributed by atoms with Crippen molar-refractivity contribution in [2.45, 2.75) is 38.5 Å². The molecule has 0 unspecified atom stereocenters. The summed E-state index contributed by atoms with van der Waals surface area (Å²) in [5, 5.41) is 3.43. The van der Waals surface area contributed by atoms with Crippen LogP contribution in [0.1, 0.15) is 43.0 Å². The molecule has 2 heterocycles. The summed E-state index contributed by atoms with van der Waals surface area (Å²) in [6, 6.07) is 0. The van der Waals surface area contributed by atoms with Gasteiger partial charge in [-0.1, -0.05) is 0 Å². The van der Waals surface area contributed by atoms with Crippen LogP contribution in [0.5, 0.6) is 0 Å². The number of nitrogens with one attached hydrogen (secondary N) is 1. The monoisotopic (exact) mass is 261 g/mol. The standard InChI is InChI=1S/C14H23N5/c1-10-12(15)17-14(11-4-5-11)18-13(10)16-6-9-19-7-2-3-8-19/h11H,2-9H2,1H3,(H3,15,16,17,18). The second-order valence-electron chi connectivity index (χ2n) is 5.69. The molecule has 0 aromatic carbocycles. The molecular formula is C14H23N5. The third-order valence-corrected chi connectivity index (χ3v) is 4.06.